The molecule has 2 aromatic rings. The topological polar surface area (TPSA) is 68.0 Å². The van der Waals surface area contributed by atoms with E-state index in [1.807, 2.05) is 24.3 Å². The van der Waals surface area contributed by atoms with Crippen LogP contribution in [0.15, 0.2) is 35.2 Å². The number of carbonyl (C=O) groups is 1. The van der Waals surface area contributed by atoms with Gasteiger partial charge in [0.2, 0.25) is 18.1 Å². The molecule has 112 valence electrons. The molecule has 0 saturated carbocycles. The minimum atomic E-state index is 0.0900. The molecule has 21 heavy (non-hydrogen) atoms. The molecule has 0 fully saturated rings. The second-order valence-corrected chi connectivity index (χ2v) is 6.29. The summed E-state index contributed by atoms with van der Waals surface area (Å²) in [5, 5.41) is 6.72. The van der Waals surface area contributed by atoms with Gasteiger partial charge >= 0.3 is 0 Å². The first-order chi connectivity index (χ1) is 9.94. The minimum absolute atomic E-state index is 0.0900. The summed E-state index contributed by atoms with van der Waals surface area (Å²) in [6.07, 6.45) is 2.75. The lowest BCUT2D eigenvalue weighted by Crippen LogP contribution is -2.24. The van der Waals surface area contributed by atoms with Crippen molar-refractivity contribution in [2.24, 2.45) is 5.41 Å². The molecule has 0 bridgehead atoms. The molecule has 5 nitrogen and oxygen atoms in total. The van der Waals surface area contributed by atoms with Gasteiger partial charge in [0, 0.05) is 18.5 Å². The second-order valence-electron chi connectivity index (χ2n) is 6.29. The van der Waals surface area contributed by atoms with Crippen molar-refractivity contribution >= 4 is 5.91 Å². The molecule has 0 aliphatic carbocycles. The van der Waals surface area contributed by atoms with E-state index in [0.29, 0.717) is 18.8 Å². The number of hydrogen-bond acceptors (Lipinski definition) is 4. The van der Waals surface area contributed by atoms with E-state index >= 15 is 0 Å². The van der Waals surface area contributed by atoms with Crippen molar-refractivity contribution in [3.63, 3.8) is 0 Å². The molecule has 2 rings (SSSR count). The van der Waals surface area contributed by atoms with E-state index in [1.54, 1.807) is 0 Å². The Balaban J connectivity index is 1.82. The highest BCUT2D eigenvalue weighted by Gasteiger charge is 2.12. The Morgan fingerprint density at radius 2 is 1.95 bits per heavy atom. The number of nitrogens with one attached hydrogen (secondary N) is 1. The molecule has 5 heteroatoms. The Kier molecular flexibility index (Phi) is 4.73. The van der Waals surface area contributed by atoms with Crippen LogP contribution in [0.3, 0.4) is 0 Å². The summed E-state index contributed by atoms with van der Waals surface area (Å²) >= 11 is 0. The molecule has 0 aliphatic rings. The van der Waals surface area contributed by atoms with Crippen molar-refractivity contribution in [3.8, 4) is 11.4 Å². The van der Waals surface area contributed by atoms with Crippen LogP contribution in [0.2, 0.25) is 0 Å². The van der Waals surface area contributed by atoms with Crippen molar-refractivity contribution in [1.29, 1.82) is 0 Å². The predicted octanol–water partition coefficient (Wildman–Crippen LogP) is 3.18. The number of benzene rings is 1. The minimum Gasteiger partial charge on any atom is -0.352 e. The Labute approximate surface area is 124 Å². The molecule has 1 aromatic heterocycles. The predicted molar refractivity (Wildman–Crippen MR) is 80.3 cm³/mol. The number of amides is 1. The zero-order valence-electron chi connectivity index (χ0n) is 12.7. The maximum atomic E-state index is 11.8. The van der Waals surface area contributed by atoms with Crippen LogP contribution in [0.1, 0.15) is 39.2 Å². The number of nitrogens with zero attached hydrogens (tertiary/aromatic N) is 2. The third-order valence-corrected chi connectivity index (χ3v) is 3.17. The van der Waals surface area contributed by atoms with Gasteiger partial charge in [0.15, 0.2) is 0 Å². The lowest BCUT2D eigenvalue weighted by Gasteiger charge is -2.17. The van der Waals surface area contributed by atoms with Crippen LogP contribution in [0.5, 0.6) is 0 Å². The van der Waals surface area contributed by atoms with Gasteiger partial charge in [-0.15, -0.1) is 0 Å². The molecule has 0 atom stereocenters. The van der Waals surface area contributed by atoms with E-state index in [4.69, 9.17) is 4.52 Å². The first-order valence-electron chi connectivity index (χ1n) is 7.06. The molecule has 1 heterocycles. The van der Waals surface area contributed by atoms with Crippen LogP contribution >= 0.6 is 0 Å². The highest BCUT2D eigenvalue weighted by atomic mass is 16.5. The maximum absolute atomic E-state index is 11.8. The number of hydrogen-bond donors (Lipinski definition) is 1. The van der Waals surface area contributed by atoms with Crippen LogP contribution < -0.4 is 5.32 Å². The van der Waals surface area contributed by atoms with Crippen molar-refractivity contribution < 1.29 is 9.32 Å². The largest absolute Gasteiger partial charge is 0.352 e. The van der Waals surface area contributed by atoms with Gasteiger partial charge in [0.05, 0.1) is 0 Å². The Bertz CT molecular complexity index is 569. The van der Waals surface area contributed by atoms with Crippen LogP contribution in [-0.2, 0) is 11.3 Å². The average Bonchev–Trinajstić information content (AvgIpc) is 2.97. The first-order valence-corrected chi connectivity index (χ1v) is 7.06. The van der Waals surface area contributed by atoms with E-state index < -0.39 is 0 Å². The molecule has 1 N–H and O–H groups in total. The van der Waals surface area contributed by atoms with Crippen LogP contribution in [-0.4, -0.2) is 16.0 Å². The molecule has 0 unspecified atom stereocenters. The molecule has 0 spiro atoms. The van der Waals surface area contributed by atoms with Gasteiger partial charge in [-0.1, -0.05) is 50.2 Å². The van der Waals surface area contributed by atoms with E-state index in [-0.39, 0.29) is 11.3 Å². The van der Waals surface area contributed by atoms with Crippen LogP contribution in [0.25, 0.3) is 11.4 Å². The van der Waals surface area contributed by atoms with Gasteiger partial charge in [-0.2, -0.15) is 4.98 Å². The van der Waals surface area contributed by atoms with E-state index in [0.717, 1.165) is 17.5 Å². The summed E-state index contributed by atoms with van der Waals surface area (Å²) in [6, 6.07) is 7.74. The number of carbonyl (C=O) groups excluding carboxylic acids is 1. The van der Waals surface area contributed by atoms with Crippen molar-refractivity contribution in [1.82, 2.24) is 15.5 Å². The summed E-state index contributed by atoms with van der Waals surface area (Å²) in [7, 11) is 0. The van der Waals surface area contributed by atoms with Gasteiger partial charge in [-0.05, 0) is 17.4 Å². The highest BCUT2D eigenvalue weighted by molar-refractivity contribution is 5.75. The lowest BCUT2D eigenvalue weighted by molar-refractivity contribution is -0.121. The monoisotopic (exact) mass is 287 g/mol. The summed E-state index contributed by atoms with van der Waals surface area (Å²) < 4.78 is 4.71. The maximum Gasteiger partial charge on any atom is 0.220 e. The average molecular weight is 287 g/mol. The lowest BCUT2D eigenvalue weighted by atomic mass is 9.90. The number of aromatic nitrogens is 2. The smallest absolute Gasteiger partial charge is 0.220 e. The van der Waals surface area contributed by atoms with Crippen molar-refractivity contribution in [3.05, 3.63) is 36.2 Å². The second kappa shape index (κ2) is 6.52. The molecule has 0 aliphatic heterocycles. The summed E-state index contributed by atoms with van der Waals surface area (Å²) in [5.74, 6) is 0.655. The van der Waals surface area contributed by atoms with E-state index in [9.17, 15) is 4.79 Å². The fraction of sp³-hybridized carbons (Fsp3) is 0.438. The van der Waals surface area contributed by atoms with Gasteiger partial charge in [-0.25, -0.2) is 0 Å². The van der Waals surface area contributed by atoms with Crippen LogP contribution in [0.4, 0.5) is 0 Å². The van der Waals surface area contributed by atoms with Gasteiger partial charge in [-0.3, -0.25) is 4.79 Å². The van der Waals surface area contributed by atoms with Crippen molar-refractivity contribution in [2.75, 3.05) is 0 Å². The van der Waals surface area contributed by atoms with Gasteiger partial charge in [0.25, 0.3) is 0 Å². The molecular weight excluding hydrogens is 266 g/mol. The zero-order chi connectivity index (χ0) is 15.3. The van der Waals surface area contributed by atoms with Crippen LogP contribution in [0, 0.1) is 5.41 Å². The SMILES string of the molecule is CC(C)(C)CCC(=O)NCc1ccc(-c2ncon2)cc1. The standard InChI is InChI=1S/C16H21N3O2/c1-16(2,3)9-8-14(20)17-10-12-4-6-13(7-5-12)15-18-11-21-19-15/h4-7,11H,8-10H2,1-3H3,(H,17,20). The summed E-state index contributed by atoms with van der Waals surface area (Å²) in [4.78, 5) is 15.8. The quantitative estimate of drug-likeness (QED) is 0.917. The highest BCUT2D eigenvalue weighted by Crippen LogP contribution is 2.20. The van der Waals surface area contributed by atoms with Crippen molar-refractivity contribution in [2.45, 2.75) is 40.2 Å². The summed E-state index contributed by atoms with van der Waals surface area (Å²) in [5.41, 5.74) is 2.13. The molecule has 1 aromatic carbocycles. The molecule has 1 amide bonds. The third-order valence-electron chi connectivity index (χ3n) is 3.17. The summed E-state index contributed by atoms with van der Waals surface area (Å²) in [6.45, 7) is 6.94. The number of rotatable bonds is 5. The normalized spacial score (nSPS) is 11.4. The third kappa shape index (κ3) is 5.02. The fourth-order valence-electron chi connectivity index (χ4n) is 1.85. The van der Waals surface area contributed by atoms with Gasteiger partial charge < -0.3 is 9.84 Å². The van der Waals surface area contributed by atoms with Gasteiger partial charge in [0.1, 0.15) is 0 Å². The Morgan fingerprint density at radius 3 is 2.52 bits per heavy atom. The molecule has 0 saturated heterocycles. The molecule has 0 radical (unpaired) electrons. The first kappa shape index (κ1) is 15.2. The molecular formula is C16H21N3O2. The Hall–Kier alpha value is -2.17. The van der Waals surface area contributed by atoms with E-state index in [2.05, 4.69) is 36.2 Å². The van der Waals surface area contributed by atoms with E-state index in [1.165, 1.54) is 6.39 Å². The zero-order valence-corrected chi connectivity index (χ0v) is 12.7. The Morgan fingerprint density at radius 1 is 1.24 bits per heavy atom. The fourth-order valence-corrected chi connectivity index (χ4v) is 1.85.